The van der Waals surface area contributed by atoms with Crippen LogP contribution in [-0.4, -0.2) is 19.9 Å². The molecule has 0 aliphatic heterocycles. The minimum Gasteiger partial charge on any atom is -0.273 e. The van der Waals surface area contributed by atoms with E-state index in [2.05, 4.69) is 4.98 Å². The first-order valence-electron chi connectivity index (χ1n) is 9.06. The number of nitrogens with two attached hydrogens (primary N) is 1. The molecule has 0 aliphatic rings. The fourth-order valence-electron chi connectivity index (χ4n) is 3.12. The van der Waals surface area contributed by atoms with Gasteiger partial charge in [0.05, 0.1) is 16.6 Å². The minimum atomic E-state index is -0.497. The Morgan fingerprint density at radius 2 is 1.80 bits per heavy atom. The molecule has 150 valence electrons. The van der Waals surface area contributed by atoms with E-state index in [1.165, 1.54) is 29.7 Å². The van der Waals surface area contributed by atoms with Crippen molar-refractivity contribution in [3.63, 3.8) is 0 Å². The van der Waals surface area contributed by atoms with Crippen molar-refractivity contribution in [2.75, 3.05) is 0 Å². The summed E-state index contributed by atoms with van der Waals surface area (Å²) in [6, 6.07) is 20.5. The summed E-state index contributed by atoms with van der Waals surface area (Å²) >= 11 is 0.801. The average Bonchev–Trinajstić information content (AvgIpc) is 2.74. The van der Waals surface area contributed by atoms with Crippen molar-refractivity contribution in [1.82, 2.24) is 14.0 Å². The molecule has 0 fully saturated rings. The minimum absolute atomic E-state index is 0.154. The molecule has 2 N–H and O–H groups in total. The zero-order chi connectivity index (χ0) is 21.3. The van der Waals surface area contributed by atoms with Crippen molar-refractivity contribution in [3.8, 4) is 16.8 Å². The van der Waals surface area contributed by atoms with Crippen LogP contribution in [0.25, 0.3) is 27.7 Å². The van der Waals surface area contributed by atoms with E-state index in [0.29, 0.717) is 16.5 Å². The number of amides is 1. The van der Waals surface area contributed by atoms with E-state index >= 15 is 0 Å². The second-order valence-corrected chi connectivity index (χ2v) is 7.46. The molecular weight excluding hydrogens is 403 g/mol. The van der Waals surface area contributed by atoms with Gasteiger partial charge in [-0.3, -0.25) is 14.2 Å². The van der Waals surface area contributed by atoms with Crippen LogP contribution < -0.4 is 11.4 Å². The standard InChI is InChI=1S/C22H17FN4O2S/c1-14(28)27(24)30-22-25-19-12-6-11-18(15-7-3-2-4-8-15)20(19)21(29)26(22)17-10-5-9-16(23)13-17/h2-13H,24H2,1H3. The summed E-state index contributed by atoms with van der Waals surface area (Å²) in [6.45, 7) is 1.30. The van der Waals surface area contributed by atoms with Gasteiger partial charge in [0.1, 0.15) is 5.82 Å². The van der Waals surface area contributed by atoms with E-state index in [-0.39, 0.29) is 16.4 Å². The molecule has 3 aromatic carbocycles. The molecule has 0 saturated heterocycles. The second-order valence-electron chi connectivity index (χ2n) is 6.52. The molecule has 0 aliphatic carbocycles. The molecule has 0 saturated carbocycles. The van der Waals surface area contributed by atoms with Gasteiger partial charge in [-0.15, -0.1) is 0 Å². The SMILES string of the molecule is CC(=O)N(N)Sc1nc2cccc(-c3ccccc3)c2c(=O)n1-c1cccc(F)c1. The van der Waals surface area contributed by atoms with Crippen LogP contribution in [0.2, 0.25) is 0 Å². The van der Waals surface area contributed by atoms with Crippen molar-refractivity contribution in [2.45, 2.75) is 12.1 Å². The van der Waals surface area contributed by atoms with E-state index < -0.39 is 11.7 Å². The lowest BCUT2D eigenvalue weighted by Crippen LogP contribution is -2.31. The summed E-state index contributed by atoms with van der Waals surface area (Å²) in [4.78, 5) is 29.9. The molecule has 1 amide bonds. The third-order valence-electron chi connectivity index (χ3n) is 4.51. The molecule has 1 heterocycles. The normalized spacial score (nSPS) is 10.9. The molecule has 1 aromatic heterocycles. The summed E-state index contributed by atoms with van der Waals surface area (Å²) in [5, 5.41) is 0.546. The Morgan fingerprint density at radius 1 is 1.07 bits per heavy atom. The van der Waals surface area contributed by atoms with Crippen LogP contribution in [0.5, 0.6) is 0 Å². The molecule has 30 heavy (non-hydrogen) atoms. The van der Waals surface area contributed by atoms with Crippen LogP contribution >= 0.6 is 11.9 Å². The number of fused-ring (bicyclic) bond motifs is 1. The van der Waals surface area contributed by atoms with Gasteiger partial charge in [0.2, 0.25) is 5.91 Å². The number of hydrazine groups is 1. The van der Waals surface area contributed by atoms with Crippen molar-refractivity contribution < 1.29 is 9.18 Å². The first-order valence-corrected chi connectivity index (χ1v) is 9.83. The number of aromatic nitrogens is 2. The van der Waals surface area contributed by atoms with Gasteiger partial charge in [0, 0.05) is 18.9 Å². The number of carbonyl (C=O) groups excluding carboxylic acids is 1. The highest BCUT2D eigenvalue weighted by Gasteiger charge is 2.19. The van der Waals surface area contributed by atoms with E-state index in [9.17, 15) is 14.0 Å². The highest BCUT2D eigenvalue weighted by atomic mass is 32.2. The second kappa shape index (κ2) is 8.10. The van der Waals surface area contributed by atoms with E-state index in [1.54, 1.807) is 12.1 Å². The molecule has 6 nitrogen and oxygen atoms in total. The molecular formula is C22H17FN4O2S. The lowest BCUT2D eigenvalue weighted by Gasteiger charge is -2.18. The number of hydrogen-bond acceptors (Lipinski definition) is 5. The molecule has 4 rings (SSSR count). The maximum Gasteiger partial charge on any atom is 0.267 e. The topological polar surface area (TPSA) is 81.2 Å². The Hall–Kier alpha value is -3.49. The largest absolute Gasteiger partial charge is 0.273 e. The van der Waals surface area contributed by atoms with Gasteiger partial charge in [-0.05, 0) is 35.4 Å². The summed E-state index contributed by atoms with van der Waals surface area (Å²) in [7, 11) is 0. The number of rotatable bonds is 4. The van der Waals surface area contributed by atoms with Crippen molar-refractivity contribution in [2.24, 2.45) is 5.84 Å². The quantitative estimate of drug-likeness (QED) is 0.178. The molecule has 0 bridgehead atoms. The summed E-state index contributed by atoms with van der Waals surface area (Å²) in [5.41, 5.74) is 1.93. The first-order chi connectivity index (χ1) is 14.5. The van der Waals surface area contributed by atoms with Gasteiger partial charge in [-0.1, -0.05) is 48.5 Å². The highest BCUT2D eigenvalue weighted by molar-refractivity contribution is 7.97. The molecule has 0 atom stereocenters. The van der Waals surface area contributed by atoms with Gasteiger partial charge in [-0.2, -0.15) is 0 Å². The zero-order valence-corrected chi connectivity index (χ0v) is 16.8. The lowest BCUT2D eigenvalue weighted by atomic mass is 10.0. The van der Waals surface area contributed by atoms with Crippen LogP contribution in [0, 0.1) is 5.82 Å². The predicted octanol–water partition coefficient (Wildman–Crippen LogP) is 3.92. The van der Waals surface area contributed by atoms with Crippen LogP contribution in [0.4, 0.5) is 4.39 Å². The maximum absolute atomic E-state index is 13.9. The van der Waals surface area contributed by atoms with Crippen LogP contribution in [0.3, 0.4) is 0 Å². The van der Waals surface area contributed by atoms with Crippen molar-refractivity contribution in [1.29, 1.82) is 0 Å². The number of benzene rings is 3. The Morgan fingerprint density at radius 3 is 2.50 bits per heavy atom. The van der Waals surface area contributed by atoms with E-state index in [4.69, 9.17) is 5.84 Å². The fraction of sp³-hybridized carbons (Fsp3) is 0.0455. The van der Waals surface area contributed by atoms with Gasteiger partial charge in [0.25, 0.3) is 5.56 Å². The van der Waals surface area contributed by atoms with Crippen molar-refractivity contribution >= 4 is 28.8 Å². The lowest BCUT2D eigenvalue weighted by molar-refractivity contribution is -0.124. The average molecular weight is 420 g/mol. The Balaban J connectivity index is 2.05. The highest BCUT2D eigenvalue weighted by Crippen LogP contribution is 2.29. The fourth-order valence-corrected chi connectivity index (χ4v) is 3.84. The van der Waals surface area contributed by atoms with Crippen molar-refractivity contribution in [3.05, 3.63) is 89.0 Å². The van der Waals surface area contributed by atoms with Gasteiger partial charge in [0.15, 0.2) is 5.16 Å². The van der Waals surface area contributed by atoms with E-state index in [0.717, 1.165) is 21.9 Å². The smallest absolute Gasteiger partial charge is 0.267 e. The van der Waals surface area contributed by atoms with Gasteiger partial charge in [-0.25, -0.2) is 19.6 Å². The summed E-state index contributed by atoms with van der Waals surface area (Å²) in [6.07, 6.45) is 0. The van der Waals surface area contributed by atoms with E-state index in [1.807, 2.05) is 42.5 Å². The summed E-state index contributed by atoms with van der Waals surface area (Å²) in [5.74, 6) is 4.84. The number of hydrogen-bond donors (Lipinski definition) is 1. The molecule has 0 spiro atoms. The Kier molecular flexibility index (Phi) is 5.35. The van der Waals surface area contributed by atoms with Crippen LogP contribution in [0.1, 0.15) is 6.92 Å². The summed E-state index contributed by atoms with van der Waals surface area (Å²) < 4.78 is 16.1. The molecule has 0 unspecified atom stereocenters. The molecule has 0 radical (unpaired) electrons. The number of nitrogens with zero attached hydrogens (tertiary/aromatic N) is 3. The monoisotopic (exact) mass is 420 g/mol. The Labute approximate surface area is 175 Å². The Bertz CT molecular complexity index is 1310. The number of carbonyl (C=O) groups is 1. The van der Waals surface area contributed by atoms with Gasteiger partial charge >= 0.3 is 0 Å². The first kappa shape index (κ1) is 19.8. The predicted molar refractivity (Wildman–Crippen MR) is 115 cm³/mol. The number of halogens is 1. The zero-order valence-electron chi connectivity index (χ0n) is 15.9. The third kappa shape index (κ3) is 3.70. The molecule has 4 aromatic rings. The van der Waals surface area contributed by atoms with Gasteiger partial charge < -0.3 is 0 Å². The van der Waals surface area contributed by atoms with Crippen LogP contribution in [-0.2, 0) is 4.79 Å². The molecule has 8 heteroatoms. The maximum atomic E-state index is 13.9. The third-order valence-corrected chi connectivity index (χ3v) is 5.40. The van der Waals surface area contributed by atoms with Crippen LogP contribution in [0.15, 0.2) is 82.7 Å².